The Labute approximate surface area is 180 Å². The molecule has 0 saturated carbocycles. The summed E-state index contributed by atoms with van der Waals surface area (Å²) in [5.41, 5.74) is 1.17. The molecule has 1 N–H and O–H groups in total. The summed E-state index contributed by atoms with van der Waals surface area (Å²) in [6.45, 7) is 3.17. The molecule has 0 radical (unpaired) electrons. The van der Waals surface area contributed by atoms with Gasteiger partial charge in [-0.3, -0.25) is 4.79 Å². The number of nitrogens with one attached hydrogen (secondary N) is 1. The molecular formula is C20H19F2N5OS2. The molecule has 0 bridgehead atoms. The summed E-state index contributed by atoms with van der Waals surface area (Å²) in [5.74, 6) is -0.871. The van der Waals surface area contributed by atoms with Gasteiger partial charge in [0, 0.05) is 31.9 Å². The molecule has 0 atom stereocenters. The summed E-state index contributed by atoms with van der Waals surface area (Å²) in [6.07, 6.45) is 0. The highest BCUT2D eigenvalue weighted by atomic mass is 32.2. The first-order valence-corrected chi connectivity index (χ1v) is 11.1. The lowest BCUT2D eigenvalue weighted by molar-refractivity contribution is -0.113. The van der Waals surface area contributed by atoms with Crippen LogP contribution in [0.25, 0.3) is 0 Å². The lowest BCUT2D eigenvalue weighted by Gasteiger charge is -2.35. The molecule has 2 heterocycles. The van der Waals surface area contributed by atoms with Crippen molar-refractivity contribution >= 4 is 45.5 Å². The van der Waals surface area contributed by atoms with Crippen LogP contribution in [0.1, 0.15) is 0 Å². The molecule has 1 aromatic heterocycles. The minimum Gasteiger partial charge on any atom is -0.368 e. The second kappa shape index (κ2) is 9.40. The molecule has 1 fully saturated rings. The van der Waals surface area contributed by atoms with Crippen LogP contribution in [-0.2, 0) is 4.79 Å². The second-order valence-electron chi connectivity index (χ2n) is 6.62. The Morgan fingerprint density at radius 2 is 1.70 bits per heavy atom. The predicted octanol–water partition coefficient (Wildman–Crippen LogP) is 3.87. The van der Waals surface area contributed by atoms with Gasteiger partial charge in [0.15, 0.2) is 4.34 Å². The number of benzene rings is 2. The monoisotopic (exact) mass is 447 g/mol. The fourth-order valence-electron chi connectivity index (χ4n) is 3.07. The van der Waals surface area contributed by atoms with Crippen LogP contribution in [0.15, 0.2) is 52.9 Å². The number of halogens is 2. The van der Waals surface area contributed by atoms with Crippen LogP contribution in [0.3, 0.4) is 0 Å². The van der Waals surface area contributed by atoms with Crippen molar-refractivity contribution in [1.82, 2.24) is 10.2 Å². The van der Waals surface area contributed by atoms with Gasteiger partial charge in [0.2, 0.25) is 11.0 Å². The van der Waals surface area contributed by atoms with Crippen LogP contribution < -0.4 is 15.1 Å². The molecule has 6 nitrogen and oxygen atoms in total. The zero-order valence-corrected chi connectivity index (χ0v) is 17.6. The number of para-hydroxylation sites is 1. The maximum Gasteiger partial charge on any atom is 0.234 e. The van der Waals surface area contributed by atoms with Crippen molar-refractivity contribution in [3.8, 4) is 0 Å². The SMILES string of the molecule is O=C(CSc1nnc(N2CCN(c3ccc(F)cc3)CC2)s1)Nc1ccccc1F. The average Bonchev–Trinajstić information content (AvgIpc) is 3.24. The molecule has 1 aliphatic heterocycles. The van der Waals surface area contributed by atoms with Crippen LogP contribution in [0.5, 0.6) is 0 Å². The zero-order valence-electron chi connectivity index (χ0n) is 15.9. The van der Waals surface area contributed by atoms with Crippen LogP contribution in [0.4, 0.5) is 25.3 Å². The fraction of sp³-hybridized carbons (Fsp3) is 0.250. The summed E-state index contributed by atoms with van der Waals surface area (Å²) in [6, 6.07) is 12.6. The molecule has 30 heavy (non-hydrogen) atoms. The van der Waals surface area contributed by atoms with Crippen molar-refractivity contribution in [2.45, 2.75) is 4.34 Å². The third-order valence-corrected chi connectivity index (χ3v) is 6.73. The van der Waals surface area contributed by atoms with Gasteiger partial charge in [-0.05, 0) is 36.4 Å². The second-order valence-corrected chi connectivity index (χ2v) is 8.80. The Balaban J connectivity index is 1.27. The van der Waals surface area contributed by atoms with E-state index in [1.54, 1.807) is 24.3 Å². The van der Waals surface area contributed by atoms with E-state index >= 15 is 0 Å². The van der Waals surface area contributed by atoms with Crippen LogP contribution >= 0.6 is 23.1 Å². The number of aromatic nitrogens is 2. The maximum absolute atomic E-state index is 13.6. The Morgan fingerprint density at radius 3 is 2.43 bits per heavy atom. The van der Waals surface area contributed by atoms with Crippen molar-refractivity contribution in [2.24, 2.45) is 0 Å². The highest BCUT2D eigenvalue weighted by Gasteiger charge is 2.21. The van der Waals surface area contributed by atoms with Crippen molar-refractivity contribution in [3.63, 3.8) is 0 Å². The third kappa shape index (κ3) is 5.06. The van der Waals surface area contributed by atoms with E-state index in [1.165, 1.54) is 47.4 Å². The van der Waals surface area contributed by atoms with Gasteiger partial charge in [0.25, 0.3) is 0 Å². The maximum atomic E-state index is 13.6. The van der Waals surface area contributed by atoms with E-state index in [9.17, 15) is 13.6 Å². The van der Waals surface area contributed by atoms with Crippen molar-refractivity contribution in [3.05, 3.63) is 60.2 Å². The number of piperazine rings is 1. The van der Waals surface area contributed by atoms with Crippen molar-refractivity contribution in [2.75, 3.05) is 47.0 Å². The van der Waals surface area contributed by atoms with E-state index in [1.807, 2.05) is 0 Å². The first-order valence-electron chi connectivity index (χ1n) is 9.34. The van der Waals surface area contributed by atoms with Crippen LogP contribution in [-0.4, -0.2) is 48.0 Å². The molecule has 4 rings (SSSR count). The van der Waals surface area contributed by atoms with E-state index in [2.05, 4.69) is 25.3 Å². The largest absolute Gasteiger partial charge is 0.368 e. The van der Waals surface area contributed by atoms with Gasteiger partial charge < -0.3 is 15.1 Å². The van der Waals surface area contributed by atoms with Gasteiger partial charge in [0.1, 0.15) is 11.6 Å². The fourth-order valence-corrected chi connectivity index (χ4v) is 4.77. The minimum atomic E-state index is -0.464. The van der Waals surface area contributed by atoms with Gasteiger partial charge in [-0.15, -0.1) is 10.2 Å². The Hall–Kier alpha value is -2.72. The molecule has 0 aliphatic carbocycles. The first kappa shape index (κ1) is 20.5. The lowest BCUT2D eigenvalue weighted by Crippen LogP contribution is -2.46. The molecule has 1 saturated heterocycles. The summed E-state index contributed by atoms with van der Waals surface area (Å²) >= 11 is 2.71. The van der Waals surface area contributed by atoms with Gasteiger partial charge in [-0.25, -0.2) is 8.78 Å². The number of thioether (sulfide) groups is 1. The van der Waals surface area contributed by atoms with E-state index in [0.29, 0.717) is 4.34 Å². The summed E-state index contributed by atoms with van der Waals surface area (Å²) < 4.78 is 27.4. The van der Waals surface area contributed by atoms with Crippen LogP contribution in [0.2, 0.25) is 0 Å². The predicted molar refractivity (Wildman–Crippen MR) is 116 cm³/mol. The number of amides is 1. The van der Waals surface area contributed by atoms with Gasteiger partial charge in [0.05, 0.1) is 11.4 Å². The molecule has 3 aromatic rings. The molecule has 10 heteroatoms. The Kier molecular flexibility index (Phi) is 6.44. The topological polar surface area (TPSA) is 61.4 Å². The minimum absolute atomic E-state index is 0.126. The standard InChI is InChI=1S/C20H19F2N5OS2/c21-14-5-7-15(8-6-14)26-9-11-27(12-10-26)19-24-25-20(30-19)29-13-18(28)23-17-4-2-1-3-16(17)22/h1-8H,9-13H2,(H,23,28). The van der Waals surface area contributed by atoms with E-state index in [0.717, 1.165) is 37.0 Å². The Bertz CT molecular complexity index is 1010. The molecule has 0 unspecified atom stereocenters. The highest BCUT2D eigenvalue weighted by molar-refractivity contribution is 8.01. The highest BCUT2D eigenvalue weighted by Crippen LogP contribution is 2.29. The molecule has 0 spiro atoms. The number of rotatable bonds is 6. The summed E-state index contributed by atoms with van der Waals surface area (Å²) in [5, 5.41) is 11.8. The number of hydrogen-bond donors (Lipinski definition) is 1. The van der Waals surface area contributed by atoms with Crippen molar-refractivity contribution in [1.29, 1.82) is 0 Å². The number of hydrogen-bond acceptors (Lipinski definition) is 7. The van der Waals surface area contributed by atoms with Crippen LogP contribution in [0, 0.1) is 11.6 Å². The number of nitrogens with zero attached hydrogens (tertiary/aromatic N) is 4. The van der Waals surface area contributed by atoms with E-state index in [4.69, 9.17) is 0 Å². The number of carbonyl (C=O) groups is 1. The summed E-state index contributed by atoms with van der Waals surface area (Å²) in [7, 11) is 0. The van der Waals surface area contributed by atoms with Gasteiger partial charge in [-0.1, -0.05) is 35.2 Å². The quantitative estimate of drug-likeness (QED) is 0.579. The smallest absolute Gasteiger partial charge is 0.234 e. The van der Waals surface area contributed by atoms with E-state index < -0.39 is 5.82 Å². The lowest BCUT2D eigenvalue weighted by atomic mass is 10.2. The van der Waals surface area contributed by atoms with Crippen molar-refractivity contribution < 1.29 is 13.6 Å². The number of anilines is 3. The molecule has 2 aromatic carbocycles. The third-order valence-electron chi connectivity index (χ3n) is 4.61. The first-order chi connectivity index (χ1) is 14.6. The molecular weight excluding hydrogens is 428 g/mol. The molecule has 156 valence electrons. The number of carbonyl (C=O) groups excluding carboxylic acids is 1. The normalized spacial score (nSPS) is 14.1. The Morgan fingerprint density at radius 1 is 1.00 bits per heavy atom. The van der Waals surface area contributed by atoms with Gasteiger partial charge >= 0.3 is 0 Å². The molecule has 1 aliphatic rings. The summed E-state index contributed by atoms with van der Waals surface area (Å²) in [4.78, 5) is 16.4. The van der Waals surface area contributed by atoms with E-state index in [-0.39, 0.29) is 23.2 Å². The average molecular weight is 448 g/mol. The zero-order chi connectivity index (χ0) is 20.9. The van der Waals surface area contributed by atoms with Gasteiger partial charge in [-0.2, -0.15) is 0 Å². The molecule has 1 amide bonds.